The number of aliphatic hydroxyl groups excluding tert-OH is 3. The first-order valence-electron chi connectivity index (χ1n) is 12.2. The van der Waals surface area contributed by atoms with Crippen LogP contribution in [0.1, 0.15) is 31.7 Å². The van der Waals surface area contributed by atoms with E-state index in [9.17, 15) is 15.3 Å². The summed E-state index contributed by atoms with van der Waals surface area (Å²) in [7, 11) is 0. The third kappa shape index (κ3) is 5.52. The number of aryl methyl sites for hydroxylation is 2. The summed E-state index contributed by atoms with van der Waals surface area (Å²) in [6, 6.07) is 1.38. The van der Waals surface area contributed by atoms with Crippen LogP contribution in [0.15, 0.2) is 6.07 Å². The molecular formula is C24H34N6O5S. The molecule has 4 atom stereocenters. The molecule has 12 heteroatoms. The van der Waals surface area contributed by atoms with E-state index in [0.717, 1.165) is 15.9 Å². The van der Waals surface area contributed by atoms with Gasteiger partial charge in [0.2, 0.25) is 11.8 Å². The molecule has 5 N–H and O–H groups in total. The fraction of sp³-hybridized carbons (Fsp3) is 0.583. The highest BCUT2D eigenvalue weighted by Gasteiger charge is 2.41. The van der Waals surface area contributed by atoms with Crippen LogP contribution in [0.2, 0.25) is 0 Å². The smallest absolute Gasteiger partial charge is 0.224 e. The normalized spacial score (nSPS) is 21.8. The number of ether oxygens (including phenoxy) is 2. The maximum Gasteiger partial charge on any atom is 0.224 e. The minimum absolute atomic E-state index is 0.206. The molecule has 1 saturated carbocycles. The van der Waals surface area contributed by atoms with E-state index in [2.05, 4.69) is 20.6 Å². The molecule has 0 unspecified atom stereocenters. The lowest BCUT2D eigenvalue weighted by Crippen LogP contribution is -2.35. The zero-order chi connectivity index (χ0) is 25.8. The molecule has 1 fully saturated rings. The molecule has 0 aliphatic heterocycles. The minimum atomic E-state index is -1.05. The minimum Gasteiger partial charge on any atom is -0.478 e. The van der Waals surface area contributed by atoms with E-state index in [0.29, 0.717) is 66.7 Å². The standard InChI is InChI=1S/C24H34N6O5S/c1-5-34-8-7-25-24-27-12(3)18(22(30-24)28-15-9-14(11-31)20(32)21(15)33)23-29-19-13(4)26-17(35-6-2)10-16(19)36-23/h10,14-15,20-21,31-33H,5-9,11H2,1-4H3,(H2,25,27,28,30)/t14-,15-,20-,21+/m1/s1. The lowest BCUT2D eigenvalue weighted by atomic mass is 10.1. The summed E-state index contributed by atoms with van der Waals surface area (Å²) in [4.78, 5) is 18.7. The van der Waals surface area contributed by atoms with Gasteiger partial charge < -0.3 is 35.4 Å². The molecule has 3 heterocycles. The maximum absolute atomic E-state index is 10.6. The van der Waals surface area contributed by atoms with Crippen LogP contribution >= 0.6 is 11.3 Å². The Hall–Kier alpha value is -2.64. The molecule has 0 amide bonds. The van der Waals surface area contributed by atoms with E-state index in [1.54, 1.807) is 0 Å². The van der Waals surface area contributed by atoms with Crippen molar-refractivity contribution in [2.75, 3.05) is 43.6 Å². The van der Waals surface area contributed by atoms with E-state index in [1.165, 1.54) is 11.3 Å². The van der Waals surface area contributed by atoms with Gasteiger partial charge in [0, 0.05) is 31.7 Å². The highest BCUT2D eigenvalue weighted by Crippen LogP contribution is 2.39. The molecule has 0 spiro atoms. The van der Waals surface area contributed by atoms with Crippen molar-refractivity contribution in [2.24, 2.45) is 5.92 Å². The van der Waals surface area contributed by atoms with E-state index in [1.807, 2.05) is 33.8 Å². The van der Waals surface area contributed by atoms with Gasteiger partial charge in [-0.1, -0.05) is 0 Å². The topological polar surface area (TPSA) is 155 Å². The Morgan fingerprint density at radius 1 is 1.06 bits per heavy atom. The second-order valence-corrected chi connectivity index (χ2v) is 9.77. The highest BCUT2D eigenvalue weighted by molar-refractivity contribution is 7.21. The van der Waals surface area contributed by atoms with Gasteiger partial charge in [0.05, 0.1) is 47.0 Å². The van der Waals surface area contributed by atoms with Crippen molar-refractivity contribution in [3.05, 3.63) is 17.5 Å². The van der Waals surface area contributed by atoms with Gasteiger partial charge in [-0.05, 0) is 34.1 Å². The Kier molecular flexibility index (Phi) is 8.52. The van der Waals surface area contributed by atoms with E-state index in [4.69, 9.17) is 19.4 Å². The first-order chi connectivity index (χ1) is 17.4. The zero-order valence-corrected chi connectivity index (χ0v) is 21.8. The van der Waals surface area contributed by atoms with Crippen LogP contribution in [0.4, 0.5) is 11.8 Å². The lowest BCUT2D eigenvalue weighted by Gasteiger charge is -2.21. The van der Waals surface area contributed by atoms with Gasteiger partial charge in [0.1, 0.15) is 22.4 Å². The monoisotopic (exact) mass is 518 g/mol. The first-order valence-corrected chi connectivity index (χ1v) is 13.0. The number of rotatable bonds is 11. The number of thiazole rings is 1. The molecule has 3 aromatic heterocycles. The number of aromatic nitrogens is 4. The molecule has 0 radical (unpaired) electrons. The Morgan fingerprint density at radius 3 is 2.56 bits per heavy atom. The molecule has 196 valence electrons. The first kappa shape index (κ1) is 26.4. The van der Waals surface area contributed by atoms with Crippen LogP contribution in [0.3, 0.4) is 0 Å². The van der Waals surface area contributed by atoms with Gasteiger partial charge in [-0.25, -0.2) is 15.0 Å². The summed E-state index contributed by atoms with van der Waals surface area (Å²) >= 11 is 1.48. The average molecular weight is 519 g/mol. The zero-order valence-electron chi connectivity index (χ0n) is 21.0. The van der Waals surface area contributed by atoms with Crippen molar-refractivity contribution >= 4 is 33.3 Å². The summed E-state index contributed by atoms with van der Waals surface area (Å²) in [5.41, 5.74) is 2.95. The second-order valence-electron chi connectivity index (χ2n) is 8.73. The van der Waals surface area contributed by atoms with Crippen LogP contribution in [0.25, 0.3) is 20.8 Å². The van der Waals surface area contributed by atoms with Gasteiger partial charge in [-0.2, -0.15) is 4.98 Å². The number of anilines is 2. The number of hydrogen-bond donors (Lipinski definition) is 5. The van der Waals surface area contributed by atoms with Crippen molar-refractivity contribution in [2.45, 2.75) is 52.4 Å². The summed E-state index contributed by atoms with van der Waals surface area (Å²) in [6.45, 7) is 9.62. The quantitative estimate of drug-likeness (QED) is 0.237. The van der Waals surface area contributed by atoms with Crippen LogP contribution < -0.4 is 15.4 Å². The van der Waals surface area contributed by atoms with Gasteiger partial charge in [0.25, 0.3) is 0 Å². The largest absolute Gasteiger partial charge is 0.478 e. The van der Waals surface area contributed by atoms with E-state index < -0.39 is 24.2 Å². The number of nitrogens with one attached hydrogen (secondary N) is 2. The molecule has 4 rings (SSSR count). The molecule has 0 aromatic carbocycles. The summed E-state index contributed by atoms with van der Waals surface area (Å²) < 4.78 is 11.9. The summed E-state index contributed by atoms with van der Waals surface area (Å²) in [5.74, 6) is 1.05. The SMILES string of the molecule is CCOCCNc1nc(C)c(-c2nc3c(C)nc(OCC)cc3s2)c(N[C@@H]2C[C@H](CO)[C@@H](O)[C@H]2O)n1. The molecule has 0 saturated heterocycles. The van der Waals surface area contributed by atoms with Crippen LogP contribution in [-0.2, 0) is 4.74 Å². The Bertz CT molecular complexity index is 1190. The average Bonchev–Trinajstić information content (AvgIpc) is 3.38. The predicted molar refractivity (Wildman–Crippen MR) is 139 cm³/mol. The molecule has 0 bridgehead atoms. The fourth-order valence-corrected chi connectivity index (χ4v) is 5.54. The maximum atomic E-state index is 10.6. The van der Waals surface area contributed by atoms with Crippen molar-refractivity contribution in [1.82, 2.24) is 19.9 Å². The molecule has 11 nitrogen and oxygen atoms in total. The van der Waals surface area contributed by atoms with Gasteiger partial charge >= 0.3 is 0 Å². The number of aliphatic hydroxyl groups is 3. The van der Waals surface area contributed by atoms with Gasteiger partial charge in [0.15, 0.2) is 0 Å². The summed E-state index contributed by atoms with van der Waals surface area (Å²) in [6.07, 6.45) is -1.67. The molecule has 1 aliphatic rings. The highest BCUT2D eigenvalue weighted by atomic mass is 32.1. The van der Waals surface area contributed by atoms with Crippen LogP contribution in [-0.4, -0.2) is 86.5 Å². The number of fused-ring (bicyclic) bond motifs is 1. The third-order valence-corrected chi connectivity index (χ3v) is 7.24. The second kappa shape index (κ2) is 11.6. The van der Waals surface area contributed by atoms with Crippen molar-refractivity contribution in [3.8, 4) is 16.5 Å². The Morgan fingerprint density at radius 2 is 1.86 bits per heavy atom. The Balaban J connectivity index is 1.73. The summed E-state index contributed by atoms with van der Waals surface area (Å²) in [5, 5.41) is 37.7. The molecular weight excluding hydrogens is 484 g/mol. The third-order valence-electron chi connectivity index (χ3n) is 6.22. The molecule has 3 aromatic rings. The number of pyridine rings is 1. The number of hydrogen-bond acceptors (Lipinski definition) is 12. The Labute approximate surface area is 214 Å². The van der Waals surface area contributed by atoms with E-state index >= 15 is 0 Å². The van der Waals surface area contributed by atoms with Crippen LogP contribution in [0.5, 0.6) is 5.88 Å². The van der Waals surface area contributed by atoms with Gasteiger partial charge in [-0.3, -0.25) is 0 Å². The fourth-order valence-electron chi connectivity index (χ4n) is 4.40. The van der Waals surface area contributed by atoms with E-state index in [-0.39, 0.29) is 6.61 Å². The van der Waals surface area contributed by atoms with Crippen molar-refractivity contribution < 1.29 is 24.8 Å². The predicted octanol–water partition coefficient (Wildman–Crippen LogP) is 2.13. The molecule has 1 aliphatic carbocycles. The van der Waals surface area contributed by atoms with Crippen LogP contribution in [0, 0.1) is 19.8 Å². The van der Waals surface area contributed by atoms with Crippen molar-refractivity contribution in [1.29, 1.82) is 0 Å². The van der Waals surface area contributed by atoms with Crippen molar-refractivity contribution in [3.63, 3.8) is 0 Å². The number of nitrogens with zero attached hydrogens (tertiary/aromatic N) is 4. The van der Waals surface area contributed by atoms with Gasteiger partial charge in [-0.15, -0.1) is 11.3 Å². The lowest BCUT2D eigenvalue weighted by molar-refractivity contribution is 0.00446. The molecule has 36 heavy (non-hydrogen) atoms.